The highest BCUT2D eigenvalue weighted by atomic mass is 19.1. The van der Waals surface area contributed by atoms with Gasteiger partial charge in [0.15, 0.2) is 0 Å². The molecular formula is C12H15FO3. The van der Waals surface area contributed by atoms with Gasteiger partial charge in [-0.05, 0) is 18.6 Å². The van der Waals surface area contributed by atoms with E-state index in [1.54, 1.807) is 0 Å². The van der Waals surface area contributed by atoms with Crippen LogP contribution in [0.2, 0.25) is 0 Å². The zero-order valence-corrected chi connectivity index (χ0v) is 9.20. The quantitative estimate of drug-likeness (QED) is 0.758. The van der Waals surface area contributed by atoms with Crippen molar-refractivity contribution in [3.63, 3.8) is 0 Å². The van der Waals surface area contributed by atoms with E-state index in [4.69, 9.17) is 9.84 Å². The molecule has 16 heavy (non-hydrogen) atoms. The predicted octanol–water partition coefficient (Wildman–Crippen LogP) is 3.09. The van der Waals surface area contributed by atoms with Crippen LogP contribution in [0.25, 0.3) is 0 Å². The van der Waals surface area contributed by atoms with Crippen LogP contribution in [0, 0.1) is 5.82 Å². The Hall–Kier alpha value is -1.58. The van der Waals surface area contributed by atoms with Crippen molar-refractivity contribution in [2.75, 3.05) is 6.61 Å². The van der Waals surface area contributed by atoms with E-state index in [0.717, 1.165) is 25.3 Å². The van der Waals surface area contributed by atoms with Gasteiger partial charge in [-0.2, -0.15) is 0 Å². The number of carboxylic acids is 1. The molecule has 0 aliphatic rings. The van der Waals surface area contributed by atoms with E-state index in [9.17, 15) is 9.18 Å². The molecule has 0 aliphatic carbocycles. The number of carbonyl (C=O) groups is 1. The summed E-state index contributed by atoms with van der Waals surface area (Å²) in [5, 5.41) is 8.62. The first-order chi connectivity index (χ1) is 7.65. The smallest absolute Gasteiger partial charge is 0.338 e. The zero-order valence-electron chi connectivity index (χ0n) is 9.20. The molecule has 0 spiro atoms. The SMILES string of the molecule is CCCCCOc1ccc(C(=O)O)c(F)c1. The van der Waals surface area contributed by atoms with Gasteiger partial charge in [0.2, 0.25) is 0 Å². The third-order valence-electron chi connectivity index (χ3n) is 2.19. The summed E-state index contributed by atoms with van der Waals surface area (Å²) in [7, 11) is 0. The lowest BCUT2D eigenvalue weighted by atomic mass is 10.2. The highest BCUT2D eigenvalue weighted by Gasteiger charge is 2.10. The highest BCUT2D eigenvalue weighted by Crippen LogP contribution is 2.17. The fraction of sp³-hybridized carbons (Fsp3) is 0.417. The molecule has 0 atom stereocenters. The van der Waals surface area contributed by atoms with E-state index in [2.05, 4.69) is 6.92 Å². The van der Waals surface area contributed by atoms with E-state index >= 15 is 0 Å². The van der Waals surface area contributed by atoms with Crippen molar-refractivity contribution < 1.29 is 19.0 Å². The molecule has 0 radical (unpaired) electrons. The highest BCUT2D eigenvalue weighted by molar-refractivity contribution is 5.88. The average molecular weight is 226 g/mol. The van der Waals surface area contributed by atoms with Crippen LogP contribution in [0.1, 0.15) is 36.5 Å². The lowest BCUT2D eigenvalue weighted by Gasteiger charge is -2.06. The van der Waals surface area contributed by atoms with E-state index in [1.165, 1.54) is 12.1 Å². The summed E-state index contributed by atoms with van der Waals surface area (Å²) >= 11 is 0. The number of benzene rings is 1. The minimum absolute atomic E-state index is 0.332. The Bertz CT molecular complexity index is 363. The second-order valence-electron chi connectivity index (χ2n) is 3.50. The molecule has 3 nitrogen and oxygen atoms in total. The van der Waals surface area contributed by atoms with Gasteiger partial charge in [-0.3, -0.25) is 0 Å². The molecule has 0 aliphatic heterocycles. The Morgan fingerprint density at radius 1 is 1.44 bits per heavy atom. The largest absolute Gasteiger partial charge is 0.493 e. The van der Waals surface area contributed by atoms with Gasteiger partial charge < -0.3 is 9.84 Å². The van der Waals surface area contributed by atoms with Gasteiger partial charge in [-0.15, -0.1) is 0 Å². The maximum atomic E-state index is 13.2. The standard InChI is InChI=1S/C12H15FO3/c1-2-3-4-7-16-9-5-6-10(12(14)15)11(13)8-9/h5-6,8H,2-4,7H2,1H3,(H,14,15). The number of rotatable bonds is 6. The summed E-state index contributed by atoms with van der Waals surface area (Å²) in [6.07, 6.45) is 3.07. The Morgan fingerprint density at radius 3 is 2.75 bits per heavy atom. The Labute approximate surface area is 93.9 Å². The zero-order chi connectivity index (χ0) is 12.0. The topological polar surface area (TPSA) is 46.5 Å². The first-order valence-electron chi connectivity index (χ1n) is 5.30. The van der Waals surface area contributed by atoms with Gasteiger partial charge in [-0.25, -0.2) is 9.18 Å². The molecular weight excluding hydrogens is 211 g/mol. The molecule has 4 heteroatoms. The van der Waals surface area contributed by atoms with Crippen LogP contribution in [-0.2, 0) is 0 Å². The van der Waals surface area contributed by atoms with Gasteiger partial charge in [0.1, 0.15) is 11.6 Å². The van der Waals surface area contributed by atoms with Crippen molar-refractivity contribution >= 4 is 5.97 Å². The van der Waals surface area contributed by atoms with Crippen LogP contribution in [0.3, 0.4) is 0 Å². The minimum Gasteiger partial charge on any atom is -0.493 e. The number of aromatic carboxylic acids is 1. The van der Waals surface area contributed by atoms with Crippen LogP contribution in [-0.4, -0.2) is 17.7 Å². The van der Waals surface area contributed by atoms with Crippen molar-refractivity contribution in [3.8, 4) is 5.75 Å². The lowest BCUT2D eigenvalue weighted by Crippen LogP contribution is -2.02. The summed E-state index contributed by atoms with van der Waals surface area (Å²) in [4.78, 5) is 10.6. The van der Waals surface area contributed by atoms with Gasteiger partial charge in [0.05, 0.1) is 12.2 Å². The first-order valence-corrected chi connectivity index (χ1v) is 5.30. The Kier molecular flexibility index (Phi) is 4.76. The second-order valence-corrected chi connectivity index (χ2v) is 3.50. The van der Waals surface area contributed by atoms with Gasteiger partial charge >= 0.3 is 5.97 Å². The maximum Gasteiger partial charge on any atom is 0.338 e. The van der Waals surface area contributed by atoms with Crippen LogP contribution in [0.4, 0.5) is 4.39 Å². The third kappa shape index (κ3) is 3.53. The van der Waals surface area contributed by atoms with Crippen LogP contribution in [0.5, 0.6) is 5.75 Å². The van der Waals surface area contributed by atoms with Crippen molar-refractivity contribution in [2.45, 2.75) is 26.2 Å². The second kappa shape index (κ2) is 6.10. The molecule has 0 heterocycles. The van der Waals surface area contributed by atoms with Crippen molar-refractivity contribution in [3.05, 3.63) is 29.6 Å². The van der Waals surface area contributed by atoms with Crippen molar-refractivity contribution in [1.29, 1.82) is 0 Å². The Balaban J connectivity index is 2.56. The van der Waals surface area contributed by atoms with Crippen LogP contribution >= 0.6 is 0 Å². The number of unbranched alkanes of at least 4 members (excludes halogenated alkanes) is 2. The molecule has 88 valence electrons. The number of halogens is 1. The maximum absolute atomic E-state index is 13.2. The monoisotopic (exact) mass is 226 g/mol. The number of ether oxygens (including phenoxy) is 1. The molecule has 0 amide bonds. The summed E-state index contributed by atoms with van der Waals surface area (Å²) in [5.74, 6) is -1.66. The van der Waals surface area contributed by atoms with E-state index in [-0.39, 0.29) is 5.56 Å². The van der Waals surface area contributed by atoms with Crippen molar-refractivity contribution in [1.82, 2.24) is 0 Å². The van der Waals surface area contributed by atoms with Gasteiger partial charge in [0.25, 0.3) is 0 Å². The molecule has 1 aromatic carbocycles. The molecule has 0 unspecified atom stereocenters. The number of hydrogen-bond donors (Lipinski definition) is 1. The van der Waals surface area contributed by atoms with Gasteiger partial charge in [0, 0.05) is 6.07 Å². The average Bonchev–Trinajstić information content (AvgIpc) is 2.24. The summed E-state index contributed by atoms with van der Waals surface area (Å²) in [6, 6.07) is 3.79. The molecule has 1 aromatic rings. The lowest BCUT2D eigenvalue weighted by molar-refractivity contribution is 0.0692. The molecule has 0 aromatic heterocycles. The fourth-order valence-electron chi connectivity index (χ4n) is 1.30. The normalized spacial score (nSPS) is 10.1. The third-order valence-corrected chi connectivity index (χ3v) is 2.19. The van der Waals surface area contributed by atoms with Gasteiger partial charge in [-0.1, -0.05) is 19.8 Å². The summed E-state index contributed by atoms with van der Waals surface area (Å²) in [5.41, 5.74) is -0.332. The number of hydrogen-bond acceptors (Lipinski definition) is 2. The van der Waals surface area contributed by atoms with Crippen LogP contribution in [0.15, 0.2) is 18.2 Å². The number of carboxylic acid groups (broad SMARTS) is 1. The predicted molar refractivity (Wildman–Crippen MR) is 58.4 cm³/mol. The molecule has 0 fully saturated rings. The van der Waals surface area contributed by atoms with Crippen LogP contribution < -0.4 is 4.74 Å². The molecule has 0 bridgehead atoms. The summed E-state index contributed by atoms with van der Waals surface area (Å²) in [6.45, 7) is 2.61. The van der Waals surface area contributed by atoms with E-state index in [1.807, 2.05) is 0 Å². The summed E-state index contributed by atoms with van der Waals surface area (Å²) < 4.78 is 18.5. The van der Waals surface area contributed by atoms with Crippen molar-refractivity contribution in [2.24, 2.45) is 0 Å². The molecule has 0 saturated heterocycles. The fourth-order valence-corrected chi connectivity index (χ4v) is 1.30. The minimum atomic E-state index is -1.27. The Morgan fingerprint density at radius 2 is 2.19 bits per heavy atom. The molecule has 1 rings (SSSR count). The molecule has 1 N–H and O–H groups in total. The van der Waals surface area contributed by atoms with E-state index in [0.29, 0.717) is 12.4 Å². The first kappa shape index (κ1) is 12.5. The molecule has 0 saturated carbocycles. The van der Waals surface area contributed by atoms with E-state index < -0.39 is 11.8 Å².